The van der Waals surface area contributed by atoms with Crippen LogP contribution in [0.25, 0.3) is 0 Å². The predicted molar refractivity (Wildman–Crippen MR) is 175 cm³/mol. The number of fused-ring (bicyclic) bond motifs is 1. The molecule has 2 heterocycles. The summed E-state index contributed by atoms with van der Waals surface area (Å²) in [5.41, 5.74) is 0.313. The van der Waals surface area contributed by atoms with Crippen molar-refractivity contribution < 1.29 is 55.3 Å². The zero-order valence-corrected chi connectivity index (χ0v) is 28.7. The number of imide groups is 1. The zero-order chi connectivity index (χ0) is 36.2. The Kier molecular flexibility index (Phi) is 11.7. The first-order valence-corrected chi connectivity index (χ1v) is 17.6. The lowest BCUT2D eigenvalue weighted by Crippen LogP contribution is -2.36. The van der Waals surface area contributed by atoms with E-state index in [1.165, 1.54) is 43.5 Å². The number of anilines is 1. The fourth-order valence-electron chi connectivity index (χ4n) is 5.11. The molecule has 0 unspecified atom stereocenters. The molecule has 0 radical (unpaired) electrons. The number of carbonyl (C=O) groups excluding carboxylic acids is 3. The van der Waals surface area contributed by atoms with E-state index in [4.69, 9.17) is 37.4 Å². The molecular weight excluding hydrogens is 727 g/mol. The van der Waals surface area contributed by atoms with E-state index < -0.39 is 47.1 Å². The molecular formula is C32H31Cl2F2N3O10S. The van der Waals surface area contributed by atoms with Crippen LogP contribution in [0.3, 0.4) is 0 Å². The largest absolute Gasteiger partial charge is 0.619 e. The third kappa shape index (κ3) is 9.29. The Bertz CT molecular complexity index is 1870. The van der Waals surface area contributed by atoms with E-state index in [0.717, 1.165) is 25.2 Å². The lowest BCUT2D eigenvalue weighted by Gasteiger charge is -2.22. The highest BCUT2D eigenvalue weighted by Gasteiger charge is 2.38. The van der Waals surface area contributed by atoms with Crippen LogP contribution in [-0.4, -0.2) is 70.3 Å². The van der Waals surface area contributed by atoms with Crippen LogP contribution in [0.15, 0.2) is 48.8 Å². The normalized spacial score (nSPS) is 14.9. The SMILES string of the molecule is COCCCS(=O)(=O)Nc1ccc2c(c1)C(=O)N(CC(=O)O[C@@H](Cc1c(Cl)c[n+]([O-])cc1Cl)c1ccc(OC(F)F)c(OCC3CC3)c1)C2=O. The number of alkyl halides is 2. The van der Waals surface area contributed by atoms with Gasteiger partial charge >= 0.3 is 12.6 Å². The van der Waals surface area contributed by atoms with Gasteiger partial charge in [0.25, 0.3) is 11.8 Å². The Morgan fingerprint density at radius 2 is 1.76 bits per heavy atom. The highest BCUT2D eigenvalue weighted by atomic mass is 35.5. The maximum absolute atomic E-state index is 13.4. The highest BCUT2D eigenvalue weighted by Crippen LogP contribution is 2.38. The Morgan fingerprint density at radius 1 is 1.06 bits per heavy atom. The number of benzene rings is 2. The van der Waals surface area contributed by atoms with E-state index in [1.54, 1.807) is 0 Å². The number of halogens is 4. The summed E-state index contributed by atoms with van der Waals surface area (Å²) in [6, 6.07) is 7.72. The van der Waals surface area contributed by atoms with Crippen LogP contribution in [-0.2, 0) is 30.7 Å². The number of hydrogen-bond acceptors (Lipinski definition) is 10. The second-order valence-electron chi connectivity index (χ2n) is 11.5. The quantitative estimate of drug-likeness (QED) is 0.0657. The number of pyridine rings is 1. The molecule has 268 valence electrons. The molecule has 3 aromatic rings. The molecule has 13 nitrogen and oxygen atoms in total. The van der Waals surface area contributed by atoms with E-state index in [2.05, 4.69) is 9.46 Å². The molecule has 1 N–H and O–H groups in total. The fraction of sp³-hybridized carbons (Fsp3) is 0.375. The third-order valence-electron chi connectivity index (χ3n) is 7.74. The van der Waals surface area contributed by atoms with Crippen LogP contribution in [0.4, 0.5) is 14.5 Å². The molecule has 1 saturated carbocycles. The summed E-state index contributed by atoms with van der Waals surface area (Å²) in [5, 5.41) is 11.7. The van der Waals surface area contributed by atoms with E-state index in [-0.39, 0.29) is 87.2 Å². The monoisotopic (exact) mass is 757 g/mol. The molecule has 2 aromatic carbocycles. The molecule has 1 aromatic heterocycles. The van der Waals surface area contributed by atoms with Gasteiger partial charge in [-0.15, -0.1) is 0 Å². The van der Waals surface area contributed by atoms with Gasteiger partial charge in [0.1, 0.15) is 22.7 Å². The number of rotatable bonds is 17. The maximum Gasteiger partial charge on any atom is 0.387 e. The Balaban J connectivity index is 1.37. The minimum Gasteiger partial charge on any atom is -0.619 e. The minimum atomic E-state index is -3.78. The number of aromatic nitrogens is 1. The van der Waals surface area contributed by atoms with E-state index >= 15 is 0 Å². The lowest BCUT2D eigenvalue weighted by molar-refractivity contribution is -0.605. The van der Waals surface area contributed by atoms with Crippen molar-refractivity contribution in [3.05, 3.63) is 86.3 Å². The Labute approximate surface area is 295 Å². The second-order valence-corrected chi connectivity index (χ2v) is 14.2. The van der Waals surface area contributed by atoms with Gasteiger partial charge in [-0.2, -0.15) is 13.5 Å². The third-order valence-corrected chi connectivity index (χ3v) is 9.77. The van der Waals surface area contributed by atoms with Crippen molar-refractivity contribution in [2.75, 3.05) is 37.3 Å². The van der Waals surface area contributed by atoms with Crippen LogP contribution >= 0.6 is 23.2 Å². The number of nitrogens with zero attached hydrogens (tertiary/aromatic N) is 2. The predicted octanol–water partition coefficient (Wildman–Crippen LogP) is 4.92. The summed E-state index contributed by atoms with van der Waals surface area (Å²) in [5.74, 6) is -2.99. The van der Waals surface area contributed by atoms with Crippen LogP contribution in [0.2, 0.25) is 10.0 Å². The van der Waals surface area contributed by atoms with Gasteiger partial charge in [-0.3, -0.25) is 24.0 Å². The van der Waals surface area contributed by atoms with Crippen molar-refractivity contribution in [1.82, 2.24) is 4.90 Å². The molecule has 5 rings (SSSR count). The van der Waals surface area contributed by atoms with E-state index in [9.17, 15) is 36.8 Å². The van der Waals surface area contributed by atoms with Gasteiger partial charge < -0.3 is 24.2 Å². The molecule has 1 aliphatic carbocycles. The molecule has 0 spiro atoms. The fourth-order valence-corrected chi connectivity index (χ4v) is 6.79. The topological polar surface area (TPSA) is 164 Å². The molecule has 2 amide bonds. The standard InChI is InChI=1S/C32H31Cl2F2N3O10S/c1-46-9-2-10-50(44,45)37-20-6-7-21-22(12-20)31(42)39(30(21)41)16-29(40)48-27(13-23-24(33)14-38(43)15-25(23)34)19-5-8-26(49-32(35)36)28(11-19)47-17-18-3-4-18/h5-8,11-12,14-15,18,27,32,37H,2-4,9-10,13,16-17H2,1H3/t27-/m0/s1. The van der Waals surface area contributed by atoms with Crippen LogP contribution in [0.1, 0.15) is 57.2 Å². The molecule has 2 aliphatic rings. The van der Waals surface area contributed by atoms with Crippen LogP contribution in [0.5, 0.6) is 11.5 Å². The molecule has 1 fully saturated rings. The van der Waals surface area contributed by atoms with Crippen LogP contribution < -0.4 is 18.9 Å². The highest BCUT2D eigenvalue weighted by molar-refractivity contribution is 7.92. The Hall–Kier alpha value is -4.25. The molecule has 1 atom stereocenters. The van der Waals surface area contributed by atoms with Gasteiger partial charge in [0.15, 0.2) is 23.9 Å². The lowest BCUT2D eigenvalue weighted by atomic mass is 10.0. The Morgan fingerprint density at radius 3 is 2.42 bits per heavy atom. The average molecular weight is 759 g/mol. The number of amides is 2. The van der Waals surface area contributed by atoms with Crippen molar-refractivity contribution in [2.45, 2.75) is 38.4 Å². The average Bonchev–Trinajstić information content (AvgIpc) is 3.84. The number of hydrogen-bond donors (Lipinski definition) is 1. The molecule has 1 aliphatic heterocycles. The number of nitrogens with one attached hydrogen (secondary N) is 1. The van der Waals surface area contributed by atoms with Gasteiger partial charge in [0, 0.05) is 31.4 Å². The first kappa shape index (κ1) is 37.0. The zero-order valence-electron chi connectivity index (χ0n) is 26.4. The summed E-state index contributed by atoms with van der Waals surface area (Å²) in [4.78, 5) is 40.5. The molecule has 0 saturated heterocycles. The molecule has 0 bridgehead atoms. The van der Waals surface area contributed by atoms with Crippen molar-refractivity contribution in [2.24, 2.45) is 5.92 Å². The van der Waals surface area contributed by atoms with Gasteiger partial charge in [-0.05, 0) is 61.1 Å². The number of methoxy groups -OCH3 is 1. The van der Waals surface area contributed by atoms with Gasteiger partial charge in [0.05, 0.1) is 23.5 Å². The van der Waals surface area contributed by atoms with Gasteiger partial charge in [0.2, 0.25) is 10.0 Å². The van der Waals surface area contributed by atoms with E-state index in [0.29, 0.717) is 9.63 Å². The summed E-state index contributed by atoms with van der Waals surface area (Å²) in [6.07, 6.45) is 2.69. The van der Waals surface area contributed by atoms with E-state index in [1.807, 2.05) is 0 Å². The summed E-state index contributed by atoms with van der Waals surface area (Å²) >= 11 is 12.6. The van der Waals surface area contributed by atoms with Crippen molar-refractivity contribution >= 4 is 56.7 Å². The number of sulfonamides is 1. The first-order chi connectivity index (χ1) is 23.7. The molecule has 18 heteroatoms. The van der Waals surface area contributed by atoms with Gasteiger partial charge in [-0.1, -0.05) is 29.3 Å². The maximum atomic E-state index is 13.4. The van der Waals surface area contributed by atoms with Gasteiger partial charge in [-0.25, -0.2) is 8.42 Å². The second kappa shape index (κ2) is 15.7. The van der Waals surface area contributed by atoms with Crippen LogP contribution in [0, 0.1) is 11.1 Å². The number of carbonyl (C=O) groups is 3. The number of ether oxygens (including phenoxy) is 4. The summed E-state index contributed by atoms with van der Waals surface area (Å²) < 4.78 is 74.9. The summed E-state index contributed by atoms with van der Waals surface area (Å²) in [7, 11) is -2.34. The molecule has 50 heavy (non-hydrogen) atoms. The smallest absolute Gasteiger partial charge is 0.387 e. The minimum absolute atomic E-state index is 0.0381. The summed E-state index contributed by atoms with van der Waals surface area (Å²) in [6.45, 7) is -3.52. The van der Waals surface area contributed by atoms with Crippen molar-refractivity contribution in [1.29, 1.82) is 0 Å². The first-order valence-electron chi connectivity index (χ1n) is 15.2. The number of esters is 1. The van der Waals surface area contributed by atoms with Crippen molar-refractivity contribution in [3.8, 4) is 11.5 Å². The van der Waals surface area contributed by atoms with Crippen molar-refractivity contribution in [3.63, 3.8) is 0 Å².